The predicted molar refractivity (Wildman–Crippen MR) is 56.6 cm³/mol. The second-order valence-corrected chi connectivity index (χ2v) is 3.79. The van der Waals surface area contributed by atoms with Crippen molar-refractivity contribution in [3.63, 3.8) is 0 Å². The number of ether oxygens (including phenoxy) is 1. The number of nitrogens with two attached hydrogens (primary N) is 1. The molecule has 0 radical (unpaired) electrons. The number of nitrogen functional groups attached to an aromatic ring is 1. The molecule has 0 aliphatic rings. The summed E-state index contributed by atoms with van der Waals surface area (Å²) in [7, 11) is 0. The van der Waals surface area contributed by atoms with Crippen molar-refractivity contribution < 1.29 is 35.9 Å². The van der Waals surface area contributed by atoms with Gasteiger partial charge in [0.1, 0.15) is 0 Å². The van der Waals surface area contributed by atoms with Gasteiger partial charge in [-0.3, -0.25) is 15.2 Å². The van der Waals surface area contributed by atoms with E-state index in [-0.39, 0.29) is 11.3 Å². The molecule has 1 rings (SSSR count). The third-order valence-electron chi connectivity index (χ3n) is 2.21. The summed E-state index contributed by atoms with van der Waals surface area (Å²) in [6.07, 6.45) is -14.1. The van der Waals surface area contributed by atoms with E-state index in [1.165, 1.54) is 0 Å². The molecule has 118 valence electrons. The molecule has 1 heterocycles. The first kappa shape index (κ1) is 17.2. The van der Waals surface area contributed by atoms with Gasteiger partial charge in [-0.15, -0.1) is 0 Å². The van der Waals surface area contributed by atoms with Crippen LogP contribution in [0.1, 0.15) is 16.1 Å². The maximum absolute atomic E-state index is 12.2. The minimum atomic E-state index is -5.59. The van der Waals surface area contributed by atoms with Gasteiger partial charge in [0.05, 0.1) is 17.9 Å². The van der Waals surface area contributed by atoms with Gasteiger partial charge in [-0.05, 0) is 12.1 Å². The van der Waals surface area contributed by atoms with Crippen LogP contribution >= 0.6 is 0 Å². The fourth-order valence-electron chi connectivity index (χ4n) is 1.27. The quantitative estimate of drug-likeness (QED) is 0.383. The molecular weight excluding hydrogens is 308 g/mol. The number of hydrogen-bond donors (Lipinski definition) is 2. The Hall–Kier alpha value is -1.88. The molecule has 1 aromatic rings. The number of hydrogen-bond acceptors (Lipinski definition) is 4. The minimum absolute atomic E-state index is 0.00978. The Labute approximate surface area is 114 Å². The fourth-order valence-corrected chi connectivity index (χ4v) is 1.27. The van der Waals surface area contributed by atoms with Crippen molar-refractivity contribution in [2.75, 3.05) is 0 Å². The fraction of sp³-hybridized carbons (Fsp3) is 0.400. The molecular formula is C10H9F6N3O2. The first-order valence-electron chi connectivity index (χ1n) is 5.26. The number of nitrogens with one attached hydrogen (secondary N) is 1. The molecule has 0 aliphatic carbocycles. The van der Waals surface area contributed by atoms with Crippen molar-refractivity contribution >= 4 is 5.91 Å². The molecule has 1 aromatic heterocycles. The summed E-state index contributed by atoms with van der Waals surface area (Å²) in [6, 6.07) is 2.18. The highest BCUT2D eigenvalue weighted by atomic mass is 19.4. The topological polar surface area (TPSA) is 77.2 Å². The van der Waals surface area contributed by atoms with Crippen molar-refractivity contribution in [1.82, 2.24) is 10.4 Å². The summed E-state index contributed by atoms with van der Waals surface area (Å²) in [5.74, 6) is 4.12. The summed E-state index contributed by atoms with van der Waals surface area (Å²) in [6.45, 7) is -1.02. The minimum Gasteiger partial charge on any atom is -0.354 e. The second kappa shape index (κ2) is 6.26. The van der Waals surface area contributed by atoms with Gasteiger partial charge in [0, 0.05) is 6.20 Å². The lowest BCUT2D eigenvalue weighted by Gasteiger charge is -2.22. The molecule has 3 N–H and O–H groups in total. The molecule has 0 aliphatic heterocycles. The lowest BCUT2D eigenvalue weighted by Crippen LogP contribution is -2.44. The maximum Gasteiger partial charge on any atom is 0.423 e. The largest absolute Gasteiger partial charge is 0.423 e. The molecule has 0 saturated heterocycles. The number of carbonyl (C=O) groups is 1. The zero-order valence-corrected chi connectivity index (χ0v) is 10.1. The number of carbonyl (C=O) groups excluding carboxylic acids is 1. The SMILES string of the molecule is NNC(=O)c1ccc(COC(C(F)(F)F)C(F)(F)F)nc1. The number of aromatic nitrogens is 1. The number of halogens is 6. The zero-order valence-electron chi connectivity index (χ0n) is 10.1. The van der Waals surface area contributed by atoms with Gasteiger partial charge in [0.2, 0.25) is 6.10 Å². The molecule has 0 bridgehead atoms. The lowest BCUT2D eigenvalue weighted by molar-refractivity contribution is -0.324. The number of pyridine rings is 1. The van der Waals surface area contributed by atoms with Gasteiger partial charge in [0.25, 0.3) is 5.91 Å². The molecule has 21 heavy (non-hydrogen) atoms. The zero-order chi connectivity index (χ0) is 16.3. The molecule has 0 fully saturated rings. The van der Waals surface area contributed by atoms with E-state index < -0.39 is 31.0 Å². The number of nitrogens with zero attached hydrogens (tertiary/aromatic N) is 1. The molecule has 0 spiro atoms. The molecule has 0 unspecified atom stereocenters. The summed E-state index contributed by atoms with van der Waals surface area (Å²) in [5.41, 5.74) is 1.57. The molecule has 0 aromatic carbocycles. The summed E-state index contributed by atoms with van der Waals surface area (Å²) in [5, 5.41) is 0. The standard InChI is InChI=1S/C10H9F6N3O2/c11-9(12,13)8(10(14,15)16)21-4-6-2-1-5(3-18-6)7(20)19-17/h1-3,8H,4,17H2,(H,19,20). The van der Waals surface area contributed by atoms with Crippen molar-refractivity contribution in [2.24, 2.45) is 5.84 Å². The summed E-state index contributed by atoms with van der Waals surface area (Å²) in [4.78, 5) is 14.6. The predicted octanol–water partition coefficient (Wildman–Crippen LogP) is 1.69. The van der Waals surface area contributed by atoms with E-state index in [0.29, 0.717) is 0 Å². The Morgan fingerprint density at radius 2 is 1.81 bits per heavy atom. The van der Waals surface area contributed by atoms with Crippen LogP contribution in [-0.2, 0) is 11.3 Å². The van der Waals surface area contributed by atoms with Crippen LogP contribution in [0.15, 0.2) is 18.3 Å². The van der Waals surface area contributed by atoms with E-state index >= 15 is 0 Å². The average Bonchev–Trinajstić information content (AvgIpc) is 2.35. The number of amides is 1. The van der Waals surface area contributed by atoms with Crippen LogP contribution in [0.4, 0.5) is 26.3 Å². The van der Waals surface area contributed by atoms with E-state index in [0.717, 1.165) is 18.3 Å². The van der Waals surface area contributed by atoms with Gasteiger partial charge < -0.3 is 4.74 Å². The van der Waals surface area contributed by atoms with Gasteiger partial charge in [-0.2, -0.15) is 26.3 Å². The Balaban J connectivity index is 2.75. The molecule has 0 saturated carbocycles. The third kappa shape index (κ3) is 4.86. The lowest BCUT2D eigenvalue weighted by atomic mass is 10.2. The van der Waals surface area contributed by atoms with E-state index in [1.54, 1.807) is 5.43 Å². The van der Waals surface area contributed by atoms with Crippen molar-refractivity contribution in [3.05, 3.63) is 29.6 Å². The van der Waals surface area contributed by atoms with Crippen LogP contribution < -0.4 is 11.3 Å². The second-order valence-electron chi connectivity index (χ2n) is 3.79. The number of alkyl halides is 6. The molecule has 1 amide bonds. The van der Waals surface area contributed by atoms with Crippen molar-refractivity contribution in [1.29, 1.82) is 0 Å². The van der Waals surface area contributed by atoms with Crippen LogP contribution in [0, 0.1) is 0 Å². The van der Waals surface area contributed by atoms with E-state index in [9.17, 15) is 31.1 Å². The molecule has 11 heteroatoms. The van der Waals surface area contributed by atoms with Gasteiger partial charge in [-0.25, -0.2) is 5.84 Å². The normalized spacial score (nSPS) is 12.6. The van der Waals surface area contributed by atoms with Crippen LogP contribution in [0.3, 0.4) is 0 Å². The highest BCUT2D eigenvalue weighted by Crippen LogP contribution is 2.36. The monoisotopic (exact) mass is 317 g/mol. The van der Waals surface area contributed by atoms with Crippen molar-refractivity contribution in [3.8, 4) is 0 Å². The number of hydrazine groups is 1. The summed E-state index contributed by atoms with van der Waals surface area (Å²) < 4.78 is 77.1. The molecule has 5 nitrogen and oxygen atoms in total. The van der Waals surface area contributed by atoms with Crippen LogP contribution in [0.5, 0.6) is 0 Å². The first-order chi connectivity index (χ1) is 9.55. The van der Waals surface area contributed by atoms with Crippen LogP contribution in [0.2, 0.25) is 0 Å². The van der Waals surface area contributed by atoms with Gasteiger partial charge in [0.15, 0.2) is 0 Å². The third-order valence-corrected chi connectivity index (χ3v) is 2.21. The van der Waals surface area contributed by atoms with Crippen LogP contribution in [-0.4, -0.2) is 29.3 Å². The van der Waals surface area contributed by atoms with E-state index in [4.69, 9.17) is 5.84 Å². The Morgan fingerprint density at radius 1 is 1.24 bits per heavy atom. The Kier molecular flexibility index (Phi) is 5.12. The van der Waals surface area contributed by atoms with E-state index in [2.05, 4.69) is 9.72 Å². The smallest absolute Gasteiger partial charge is 0.354 e. The van der Waals surface area contributed by atoms with Crippen molar-refractivity contribution in [2.45, 2.75) is 25.1 Å². The highest BCUT2D eigenvalue weighted by Gasteiger charge is 2.57. The Morgan fingerprint density at radius 3 is 2.19 bits per heavy atom. The Bertz CT molecular complexity index is 471. The van der Waals surface area contributed by atoms with Gasteiger partial charge in [-0.1, -0.05) is 0 Å². The number of rotatable bonds is 4. The summed E-state index contributed by atoms with van der Waals surface area (Å²) >= 11 is 0. The van der Waals surface area contributed by atoms with E-state index in [1.807, 2.05) is 0 Å². The maximum atomic E-state index is 12.2. The average molecular weight is 317 g/mol. The van der Waals surface area contributed by atoms with Crippen LogP contribution in [0.25, 0.3) is 0 Å². The first-order valence-corrected chi connectivity index (χ1v) is 5.26. The molecule has 0 atom stereocenters. The highest BCUT2D eigenvalue weighted by molar-refractivity contribution is 5.93. The van der Waals surface area contributed by atoms with Gasteiger partial charge >= 0.3 is 12.4 Å².